The Balaban J connectivity index is 3.06. The molecule has 0 amide bonds. The Hall–Kier alpha value is -0.530. The molecule has 1 N–H and O–H groups in total. The van der Waals surface area contributed by atoms with E-state index in [1.807, 2.05) is 6.92 Å². The van der Waals surface area contributed by atoms with Crippen LogP contribution < -0.4 is 5.32 Å². The van der Waals surface area contributed by atoms with Gasteiger partial charge < -0.3 is 5.32 Å². The number of aryl methyl sites for hydroxylation is 1. The lowest BCUT2D eigenvalue weighted by atomic mass is 9.82. The molecular formula is C14H22ClN. The van der Waals surface area contributed by atoms with Gasteiger partial charge in [0.15, 0.2) is 0 Å². The lowest BCUT2D eigenvalue weighted by Crippen LogP contribution is -2.32. The minimum absolute atomic E-state index is 0.189. The Kier molecular flexibility index (Phi) is 4.40. The van der Waals surface area contributed by atoms with E-state index in [0.717, 1.165) is 17.1 Å². The zero-order valence-electron chi connectivity index (χ0n) is 10.9. The lowest BCUT2D eigenvalue weighted by Gasteiger charge is -2.32. The summed E-state index contributed by atoms with van der Waals surface area (Å²) in [5, 5.41) is 4.38. The highest BCUT2D eigenvalue weighted by molar-refractivity contribution is 6.31. The number of benzene rings is 1. The van der Waals surface area contributed by atoms with E-state index in [4.69, 9.17) is 11.6 Å². The molecule has 2 heteroatoms. The smallest absolute Gasteiger partial charge is 0.0438 e. The van der Waals surface area contributed by atoms with Crippen molar-refractivity contribution in [2.24, 2.45) is 5.41 Å². The summed E-state index contributed by atoms with van der Waals surface area (Å²) in [6, 6.07) is 6.68. The third-order valence-corrected chi connectivity index (χ3v) is 3.21. The largest absolute Gasteiger partial charge is 0.310 e. The molecule has 0 aliphatic heterocycles. The fraction of sp³-hybridized carbons (Fsp3) is 0.571. The van der Waals surface area contributed by atoms with Crippen LogP contribution in [0.5, 0.6) is 0 Å². The average Bonchev–Trinajstić information content (AvgIpc) is 2.17. The first-order chi connectivity index (χ1) is 7.36. The maximum Gasteiger partial charge on any atom is 0.0438 e. The Morgan fingerprint density at radius 3 is 2.38 bits per heavy atom. The molecular weight excluding hydrogens is 218 g/mol. The average molecular weight is 240 g/mol. The Labute approximate surface area is 104 Å². The molecule has 0 aliphatic carbocycles. The van der Waals surface area contributed by atoms with Gasteiger partial charge in [-0.15, -0.1) is 0 Å². The van der Waals surface area contributed by atoms with Crippen molar-refractivity contribution < 1.29 is 0 Å². The lowest BCUT2D eigenvalue weighted by molar-refractivity contribution is 0.277. The van der Waals surface area contributed by atoms with Gasteiger partial charge in [0.25, 0.3) is 0 Å². The molecule has 0 spiro atoms. The fourth-order valence-corrected chi connectivity index (χ4v) is 2.11. The second-order valence-electron chi connectivity index (χ2n) is 5.37. The molecule has 1 rings (SSSR count). The van der Waals surface area contributed by atoms with Gasteiger partial charge in [-0.05, 0) is 36.1 Å². The summed E-state index contributed by atoms with van der Waals surface area (Å²) in [6.07, 6.45) is 0. The van der Waals surface area contributed by atoms with Gasteiger partial charge in [-0.25, -0.2) is 0 Å². The molecule has 1 aromatic rings. The number of nitrogens with one attached hydrogen (secondary N) is 1. The first-order valence-corrected chi connectivity index (χ1v) is 6.23. The maximum absolute atomic E-state index is 6.18. The van der Waals surface area contributed by atoms with Crippen LogP contribution in [0.15, 0.2) is 18.2 Å². The minimum atomic E-state index is 0.189. The van der Waals surface area contributed by atoms with Crippen molar-refractivity contribution in [3.8, 4) is 0 Å². The molecule has 1 atom stereocenters. The number of halogens is 1. The van der Waals surface area contributed by atoms with Crippen LogP contribution in [-0.2, 0) is 0 Å². The van der Waals surface area contributed by atoms with Crippen molar-refractivity contribution in [2.75, 3.05) is 6.54 Å². The van der Waals surface area contributed by atoms with Gasteiger partial charge in [0.1, 0.15) is 0 Å². The van der Waals surface area contributed by atoms with E-state index in [-0.39, 0.29) is 5.41 Å². The molecule has 0 bridgehead atoms. The summed E-state index contributed by atoms with van der Waals surface area (Å²) in [4.78, 5) is 0. The molecule has 1 nitrogen and oxygen atoms in total. The van der Waals surface area contributed by atoms with Gasteiger partial charge in [-0.2, -0.15) is 0 Å². The molecule has 0 fully saturated rings. The van der Waals surface area contributed by atoms with Crippen LogP contribution in [0.1, 0.15) is 44.9 Å². The van der Waals surface area contributed by atoms with Crippen LogP contribution in [-0.4, -0.2) is 6.54 Å². The normalized spacial score (nSPS) is 13.9. The fourth-order valence-electron chi connectivity index (χ4n) is 1.92. The van der Waals surface area contributed by atoms with Crippen molar-refractivity contribution in [1.29, 1.82) is 0 Å². The Bertz CT molecular complexity index is 352. The van der Waals surface area contributed by atoms with E-state index in [0.29, 0.717) is 6.04 Å². The van der Waals surface area contributed by atoms with E-state index in [1.165, 1.54) is 5.56 Å². The second kappa shape index (κ2) is 5.20. The minimum Gasteiger partial charge on any atom is -0.310 e. The van der Waals surface area contributed by atoms with Crippen LogP contribution in [0.4, 0.5) is 0 Å². The van der Waals surface area contributed by atoms with E-state index in [1.54, 1.807) is 0 Å². The molecule has 0 aromatic heterocycles. The topological polar surface area (TPSA) is 12.0 Å². The summed E-state index contributed by atoms with van der Waals surface area (Å²) in [5.41, 5.74) is 2.59. The van der Waals surface area contributed by atoms with E-state index in [2.05, 4.69) is 51.2 Å². The van der Waals surface area contributed by atoms with Crippen LogP contribution in [0.25, 0.3) is 0 Å². The van der Waals surface area contributed by atoms with Crippen molar-refractivity contribution in [2.45, 2.75) is 40.7 Å². The summed E-state index contributed by atoms with van der Waals surface area (Å²) < 4.78 is 0. The first kappa shape index (κ1) is 13.5. The van der Waals surface area contributed by atoms with E-state index >= 15 is 0 Å². The van der Waals surface area contributed by atoms with Crippen molar-refractivity contribution in [3.05, 3.63) is 34.3 Å². The molecule has 0 saturated heterocycles. The van der Waals surface area contributed by atoms with Crippen LogP contribution in [0.3, 0.4) is 0 Å². The predicted molar refractivity (Wildman–Crippen MR) is 72.1 cm³/mol. The SMILES string of the molecule is CCNC(c1ccc(C)c(Cl)c1)C(C)(C)C. The molecule has 0 radical (unpaired) electrons. The summed E-state index contributed by atoms with van der Waals surface area (Å²) in [6.45, 7) is 11.9. The van der Waals surface area contributed by atoms with Gasteiger partial charge >= 0.3 is 0 Å². The number of rotatable bonds is 3. The maximum atomic E-state index is 6.18. The van der Waals surface area contributed by atoms with Crippen LogP contribution in [0.2, 0.25) is 5.02 Å². The first-order valence-electron chi connectivity index (χ1n) is 5.85. The van der Waals surface area contributed by atoms with Gasteiger partial charge in [0.05, 0.1) is 0 Å². The molecule has 0 aliphatic rings. The van der Waals surface area contributed by atoms with Crippen LogP contribution in [0, 0.1) is 12.3 Å². The van der Waals surface area contributed by atoms with Crippen molar-refractivity contribution >= 4 is 11.6 Å². The van der Waals surface area contributed by atoms with E-state index in [9.17, 15) is 0 Å². The molecule has 1 aromatic carbocycles. The molecule has 16 heavy (non-hydrogen) atoms. The van der Waals surface area contributed by atoms with Crippen molar-refractivity contribution in [3.63, 3.8) is 0 Å². The number of hydrogen-bond acceptors (Lipinski definition) is 1. The summed E-state index contributed by atoms with van der Waals surface area (Å²) in [7, 11) is 0. The van der Waals surface area contributed by atoms with Crippen molar-refractivity contribution in [1.82, 2.24) is 5.32 Å². The quantitative estimate of drug-likeness (QED) is 0.827. The molecule has 1 unspecified atom stereocenters. The summed E-state index contributed by atoms with van der Waals surface area (Å²) in [5.74, 6) is 0. The van der Waals surface area contributed by atoms with E-state index < -0.39 is 0 Å². The highest BCUT2D eigenvalue weighted by Crippen LogP contribution is 2.34. The Morgan fingerprint density at radius 1 is 1.31 bits per heavy atom. The molecule has 0 saturated carbocycles. The highest BCUT2D eigenvalue weighted by atomic mass is 35.5. The zero-order valence-corrected chi connectivity index (χ0v) is 11.7. The molecule has 0 heterocycles. The third-order valence-electron chi connectivity index (χ3n) is 2.80. The monoisotopic (exact) mass is 239 g/mol. The van der Waals surface area contributed by atoms with Gasteiger partial charge in [0, 0.05) is 11.1 Å². The predicted octanol–water partition coefficient (Wildman–Crippen LogP) is 4.35. The molecule has 90 valence electrons. The van der Waals surface area contributed by atoms with Crippen LogP contribution >= 0.6 is 11.6 Å². The van der Waals surface area contributed by atoms with Gasteiger partial charge in [-0.3, -0.25) is 0 Å². The van der Waals surface area contributed by atoms with Gasteiger partial charge in [-0.1, -0.05) is 51.4 Å². The highest BCUT2D eigenvalue weighted by Gasteiger charge is 2.25. The zero-order chi connectivity index (χ0) is 12.3. The Morgan fingerprint density at radius 2 is 1.94 bits per heavy atom. The van der Waals surface area contributed by atoms with Gasteiger partial charge in [0.2, 0.25) is 0 Å². The summed E-state index contributed by atoms with van der Waals surface area (Å²) >= 11 is 6.18. The number of hydrogen-bond donors (Lipinski definition) is 1. The third kappa shape index (κ3) is 3.23. The second-order valence-corrected chi connectivity index (χ2v) is 5.77. The standard InChI is InChI=1S/C14H22ClN/c1-6-16-13(14(3,4)5)11-8-7-10(2)12(15)9-11/h7-9,13,16H,6H2,1-5H3.